The van der Waals surface area contributed by atoms with Crippen molar-refractivity contribution in [3.05, 3.63) is 85.1 Å². The number of hydrogen-bond donors (Lipinski definition) is 3. The molecule has 0 heterocycles. The third-order valence-electron chi connectivity index (χ3n) is 16.9. The SMILES string of the molecule is CC/C=C\C/C=C\C/C=C\C/C=C\C/C=C\C/C=C\CCC(=O)OCC(COP(=O)(O)OCC(O)COP(=O)(O)OCC(COC(=O)CCCCCCCCCCCCCCCCC)OC(=O)CCCCCCCCCCCCC)OC(=O)CCCCCCC/C=C\CCCCCCCC. The van der Waals surface area contributed by atoms with Gasteiger partial charge in [-0.25, -0.2) is 9.13 Å². The van der Waals surface area contributed by atoms with Crippen LogP contribution in [0.1, 0.15) is 349 Å². The lowest BCUT2D eigenvalue weighted by molar-refractivity contribution is -0.161. The second kappa shape index (κ2) is 73.5. The first-order chi connectivity index (χ1) is 48.7. The van der Waals surface area contributed by atoms with Crippen LogP contribution in [0.4, 0.5) is 0 Å². The van der Waals surface area contributed by atoms with E-state index in [0.717, 1.165) is 116 Å². The summed E-state index contributed by atoms with van der Waals surface area (Å²) in [5, 5.41) is 10.6. The summed E-state index contributed by atoms with van der Waals surface area (Å²) in [5.74, 6) is -2.25. The lowest BCUT2D eigenvalue weighted by atomic mass is 10.0. The summed E-state index contributed by atoms with van der Waals surface area (Å²) < 4.78 is 68.5. The zero-order valence-corrected chi connectivity index (χ0v) is 65.2. The monoisotopic (exact) mass is 1450 g/mol. The molecule has 0 aromatic heterocycles. The van der Waals surface area contributed by atoms with Gasteiger partial charge in [0.1, 0.15) is 19.3 Å². The van der Waals surface area contributed by atoms with Gasteiger partial charge in [-0.1, -0.05) is 318 Å². The summed E-state index contributed by atoms with van der Waals surface area (Å²) in [7, 11) is -9.96. The molecule has 0 amide bonds. The van der Waals surface area contributed by atoms with E-state index in [0.29, 0.717) is 32.1 Å². The summed E-state index contributed by atoms with van der Waals surface area (Å²) in [6.07, 6.45) is 75.8. The number of phosphoric ester groups is 2. The van der Waals surface area contributed by atoms with Gasteiger partial charge in [0.15, 0.2) is 12.2 Å². The second-order valence-electron chi connectivity index (χ2n) is 26.6. The summed E-state index contributed by atoms with van der Waals surface area (Å²) in [6.45, 7) is 4.71. The van der Waals surface area contributed by atoms with Gasteiger partial charge < -0.3 is 33.8 Å². The van der Waals surface area contributed by atoms with E-state index in [2.05, 4.69) is 94.5 Å². The Bertz CT molecular complexity index is 2230. The highest BCUT2D eigenvalue weighted by atomic mass is 31.2. The summed E-state index contributed by atoms with van der Waals surface area (Å²) >= 11 is 0. The molecule has 0 aliphatic rings. The maximum Gasteiger partial charge on any atom is 0.472 e. The number of hydrogen-bond acceptors (Lipinski definition) is 15. The van der Waals surface area contributed by atoms with Crippen LogP contribution >= 0.6 is 15.6 Å². The highest BCUT2D eigenvalue weighted by molar-refractivity contribution is 7.47. The number of carbonyl (C=O) groups is 4. The van der Waals surface area contributed by atoms with Crippen molar-refractivity contribution in [1.82, 2.24) is 0 Å². The first-order valence-electron chi connectivity index (χ1n) is 39.8. The molecule has 0 aromatic rings. The molecule has 0 rings (SSSR count). The summed E-state index contributed by atoms with van der Waals surface area (Å²) in [6, 6.07) is 0. The number of carbonyl (C=O) groups excluding carboxylic acids is 4. The molecule has 5 atom stereocenters. The molecule has 0 saturated heterocycles. The Kier molecular flexibility index (Phi) is 70.8. The van der Waals surface area contributed by atoms with Crippen molar-refractivity contribution in [3.8, 4) is 0 Å². The number of allylic oxidation sites excluding steroid dienone is 14. The van der Waals surface area contributed by atoms with Crippen molar-refractivity contribution in [2.24, 2.45) is 0 Å². The van der Waals surface area contributed by atoms with Crippen molar-refractivity contribution in [3.63, 3.8) is 0 Å². The van der Waals surface area contributed by atoms with E-state index in [1.807, 2.05) is 18.2 Å². The van der Waals surface area contributed by atoms with E-state index in [1.165, 1.54) is 148 Å². The summed E-state index contributed by atoms with van der Waals surface area (Å²) in [5.41, 5.74) is 0. The molecule has 0 aromatic carbocycles. The molecule has 0 aliphatic heterocycles. The molecule has 19 heteroatoms. The van der Waals surface area contributed by atoms with E-state index in [1.54, 1.807) is 0 Å². The van der Waals surface area contributed by atoms with Crippen molar-refractivity contribution in [1.29, 1.82) is 0 Å². The molecular weight excluding hydrogens is 1310 g/mol. The number of unbranched alkanes of at least 4 members (excludes halogenated alkanes) is 35. The highest BCUT2D eigenvalue weighted by Crippen LogP contribution is 2.45. The van der Waals surface area contributed by atoms with Gasteiger partial charge in [0, 0.05) is 25.7 Å². The predicted octanol–water partition coefficient (Wildman–Crippen LogP) is 23.0. The van der Waals surface area contributed by atoms with Gasteiger partial charge in [0.25, 0.3) is 0 Å². The zero-order valence-electron chi connectivity index (χ0n) is 63.4. The quantitative estimate of drug-likeness (QED) is 0.0169. The Morgan fingerprint density at radius 1 is 0.290 bits per heavy atom. The number of ether oxygens (including phenoxy) is 4. The van der Waals surface area contributed by atoms with Crippen LogP contribution < -0.4 is 0 Å². The van der Waals surface area contributed by atoms with Crippen LogP contribution in [0.5, 0.6) is 0 Å². The minimum Gasteiger partial charge on any atom is -0.462 e. The van der Waals surface area contributed by atoms with E-state index in [-0.39, 0.29) is 25.7 Å². The third-order valence-corrected chi connectivity index (χ3v) is 18.8. The zero-order chi connectivity index (χ0) is 73.2. The van der Waals surface area contributed by atoms with Crippen molar-refractivity contribution in [2.45, 2.75) is 367 Å². The first-order valence-corrected chi connectivity index (χ1v) is 42.8. The fourth-order valence-corrected chi connectivity index (χ4v) is 12.4. The second-order valence-corrected chi connectivity index (χ2v) is 29.5. The Labute approximate surface area is 608 Å². The van der Waals surface area contributed by atoms with Gasteiger partial charge >= 0.3 is 39.5 Å². The highest BCUT2D eigenvalue weighted by Gasteiger charge is 2.30. The molecule has 0 spiro atoms. The van der Waals surface area contributed by atoms with Gasteiger partial charge in [0.05, 0.1) is 26.4 Å². The molecule has 100 heavy (non-hydrogen) atoms. The van der Waals surface area contributed by atoms with E-state index < -0.39 is 97.5 Å². The Morgan fingerprint density at radius 2 is 0.540 bits per heavy atom. The maximum absolute atomic E-state index is 13.1. The van der Waals surface area contributed by atoms with Crippen LogP contribution in [-0.4, -0.2) is 96.7 Å². The molecule has 3 N–H and O–H groups in total. The van der Waals surface area contributed by atoms with Crippen LogP contribution in [0.15, 0.2) is 85.1 Å². The Balaban J connectivity index is 5.37. The smallest absolute Gasteiger partial charge is 0.462 e. The molecule has 0 saturated carbocycles. The van der Waals surface area contributed by atoms with Gasteiger partial charge in [-0.15, -0.1) is 0 Å². The van der Waals surface area contributed by atoms with Crippen molar-refractivity contribution >= 4 is 39.5 Å². The number of esters is 4. The number of rotatable bonds is 75. The van der Waals surface area contributed by atoms with Crippen LogP contribution in [-0.2, 0) is 65.4 Å². The number of phosphoric acid groups is 2. The molecule has 0 fully saturated rings. The van der Waals surface area contributed by atoms with Crippen molar-refractivity contribution < 1.29 is 80.2 Å². The normalized spacial score (nSPS) is 14.3. The Hall–Kier alpha value is -3.76. The maximum atomic E-state index is 13.1. The lowest BCUT2D eigenvalue weighted by Crippen LogP contribution is -2.30. The third kappa shape index (κ3) is 72.6. The van der Waals surface area contributed by atoms with Gasteiger partial charge in [0.2, 0.25) is 0 Å². The molecule has 5 unspecified atom stereocenters. The summed E-state index contributed by atoms with van der Waals surface area (Å²) in [4.78, 5) is 72.9. The minimum absolute atomic E-state index is 0.0363. The largest absolute Gasteiger partial charge is 0.472 e. The average molecular weight is 1450 g/mol. The Morgan fingerprint density at radius 3 is 0.860 bits per heavy atom. The van der Waals surface area contributed by atoms with Gasteiger partial charge in [-0.2, -0.15) is 0 Å². The molecule has 17 nitrogen and oxygen atoms in total. The van der Waals surface area contributed by atoms with Gasteiger partial charge in [-0.3, -0.25) is 37.3 Å². The molecular formula is C81H144O17P2. The van der Waals surface area contributed by atoms with Gasteiger partial charge in [-0.05, 0) is 89.9 Å². The number of aliphatic hydroxyl groups is 1. The number of aliphatic hydroxyl groups excluding tert-OH is 1. The fraction of sp³-hybridized carbons (Fsp3) is 0.778. The van der Waals surface area contributed by atoms with E-state index in [4.69, 9.17) is 37.0 Å². The van der Waals surface area contributed by atoms with Crippen LogP contribution in [0.25, 0.3) is 0 Å². The van der Waals surface area contributed by atoms with E-state index >= 15 is 0 Å². The first kappa shape index (κ1) is 96.2. The molecule has 0 bridgehead atoms. The lowest BCUT2D eigenvalue weighted by Gasteiger charge is -2.21. The van der Waals surface area contributed by atoms with Crippen molar-refractivity contribution in [2.75, 3.05) is 39.6 Å². The predicted molar refractivity (Wildman–Crippen MR) is 409 cm³/mol. The van der Waals surface area contributed by atoms with E-state index in [9.17, 15) is 43.2 Å². The van der Waals surface area contributed by atoms with Crippen LogP contribution in [0.3, 0.4) is 0 Å². The standard InChI is InChI=1S/C81H144O17P2/c1-5-9-13-17-21-25-29-32-35-36-37-38-41-43-47-50-54-58-62-66-79(84)92-72-77(98-81(86)68-64-60-56-52-48-44-40-34-31-27-23-19-15-11-7-3)74-96-100(89,90)94-70-75(82)69-93-99(87,88)95-73-76(97-80(85)67-63-59-55-51-45-28-24-20-16-12-8-4)71-91-78(83)65-61-57-53-49-46-42-39-33-30-26-22-18-14-10-6-2/h9,13,21,25,32,34-35,37-38,40,43,47,54,58,75-77,82H,5-8,10-12,14-20,22-24,26-31,33,36,39,41-42,44-46,48-53,55-57,59-74H2,1-4H3,(H,87,88)(H,89,90)/b13-9-,25-21-,35-32-,38-37-,40-34-,47-43-,58-54-. The molecule has 0 radical (unpaired) electrons. The molecule has 0 aliphatic carbocycles. The topological polar surface area (TPSA) is 237 Å². The average Bonchev–Trinajstić information content (AvgIpc) is 0.985. The molecule has 580 valence electrons. The fourth-order valence-electron chi connectivity index (χ4n) is 10.8. The van der Waals surface area contributed by atoms with Crippen LogP contribution in [0, 0.1) is 0 Å². The minimum atomic E-state index is -4.99. The van der Waals surface area contributed by atoms with Crippen LogP contribution in [0.2, 0.25) is 0 Å².